The molecule has 0 amide bonds. The summed E-state index contributed by atoms with van der Waals surface area (Å²) < 4.78 is 5.38. The first-order valence-electron chi connectivity index (χ1n) is 7.00. The van der Waals surface area contributed by atoms with Crippen LogP contribution in [0.25, 0.3) is 0 Å². The van der Waals surface area contributed by atoms with Gasteiger partial charge in [-0.3, -0.25) is 0 Å². The number of nitrogens with two attached hydrogens (primary N) is 1. The molecule has 2 heterocycles. The van der Waals surface area contributed by atoms with Gasteiger partial charge in [-0.1, -0.05) is 6.07 Å². The summed E-state index contributed by atoms with van der Waals surface area (Å²) in [5, 5.41) is 3.09. The number of rotatable bonds is 4. The minimum absolute atomic E-state index is 0.284. The van der Waals surface area contributed by atoms with Crippen molar-refractivity contribution in [3.05, 3.63) is 23.9 Å². The maximum atomic E-state index is 5.84. The number of nitrogens with zero attached hydrogens (tertiary/aromatic N) is 3. The summed E-state index contributed by atoms with van der Waals surface area (Å²) in [6, 6.07) is 4.26. The largest absolute Gasteiger partial charge is 0.378 e. The maximum absolute atomic E-state index is 5.84. The summed E-state index contributed by atoms with van der Waals surface area (Å²) in [4.78, 5) is 11.1. The van der Waals surface area contributed by atoms with Crippen molar-refractivity contribution in [1.82, 2.24) is 10.3 Å². The number of nitrogens with one attached hydrogen (secondary N) is 1. The van der Waals surface area contributed by atoms with Crippen molar-refractivity contribution in [1.29, 1.82) is 0 Å². The number of morpholine rings is 1. The number of guanidine groups is 1. The third kappa shape index (κ3) is 4.09. The van der Waals surface area contributed by atoms with Crippen LogP contribution in [0.3, 0.4) is 0 Å². The molecular formula is C14H23N5O. The van der Waals surface area contributed by atoms with Crippen LogP contribution in [0.2, 0.25) is 0 Å². The number of aromatic nitrogens is 1. The van der Waals surface area contributed by atoms with Gasteiger partial charge in [-0.25, -0.2) is 9.98 Å². The second-order valence-corrected chi connectivity index (χ2v) is 5.09. The number of hydrogen-bond donors (Lipinski definition) is 2. The Labute approximate surface area is 120 Å². The third-order valence-electron chi connectivity index (χ3n) is 3.03. The molecule has 3 N–H and O–H groups in total. The van der Waals surface area contributed by atoms with Gasteiger partial charge in [0.25, 0.3) is 0 Å². The summed E-state index contributed by atoms with van der Waals surface area (Å²) in [7, 11) is 0. The molecule has 0 saturated carbocycles. The smallest absolute Gasteiger partial charge is 0.189 e. The van der Waals surface area contributed by atoms with Gasteiger partial charge in [-0.05, 0) is 19.9 Å². The molecule has 1 fully saturated rings. The summed E-state index contributed by atoms with van der Waals surface area (Å²) in [5.74, 6) is 1.45. The van der Waals surface area contributed by atoms with Crippen molar-refractivity contribution in [2.75, 3.05) is 31.2 Å². The molecule has 110 valence electrons. The summed E-state index contributed by atoms with van der Waals surface area (Å²) in [6.45, 7) is 7.83. The molecule has 0 spiro atoms. The topological polar surface area (TPSA) is 75.8 Å². The van der Waals surface area contributed by atoms with Gasteiger partial charge in [0.15, 0.2) is 5.96 Å². The molecule has 1 aromatic rings. The molecule has 0 aliphatic carbocycles. The minimum atomic E-state index is 0.284. The molecular weight excluding hydrogens is 254 g/mol. The Hall–Kier alpha value is -1.82. The van der Waals surface area contributed by atoms with Gasteiger partial charge in [0.05, 0.1) is 19.8 Å². The van der Waals surface area contributed by atoms with E-state index in [0.29, 0.717) is 12.5 Å². The Morgan fingerprint density at radius 3 is 2.95 bits per heavy atom. The van der Waals surface area contributed by atoms with Crippen molar-refractivity contribution in [3.63, 3.8) is 0 Å². The number of anilines is 1. The fraction of sp³-hybridized carbons (Fsp3) is 0.571. The second-order valence-electron chi connectivity index (χ2n) is 5.09. The molecule has 2 rings (SSSR count). The predicted octanol–water partition coefficient (Wildman–Crippen LogP) is 0.731. The summed E-state index contributed by atoms with van der Waals surface area (Å²) in [5.41, 5.74) is 6.92. The van der Waals surface area contributed by atoms with Crippen LogP contribution in [0.5, 0.6) is 0 Å². The fourth-order valence-electron chi connectivity index (χ4n) is 2.13. The molecule has 0 bridgehead atoms. The van der Waals surface area contributed by atoms with E-state index < -0.39 is 0 Å². The van der Waals surface area contributed by atoms with E-state index in [4.69, 9.17) is 10.5 Å². The Bertz CT molecular complexity index is 455. The van der Waals surface area contributed by atoms with Gasteiger partial charge in [-0.15, -0.1) is 0 Å². The highest BCUT2D eigenvalue weighted by Crippen LogP contribution is 2.19. The lowest BCUT2D eigenvalue weighted by Crippen LogP contribution is -2.38. The minimum Gasteiger partial charge on any atom is -0.378 e. The van der Waals surface area contributed by atoms with E-state index in [1.807, 2.05) is 32.2 Å². The van der Waals surface area contributed by atoms with Gasteiger partial charge in [-0.2, -0.15) is 0 Å². The highest BCUT2D eigenvalue weighted by Gasteiger charge is 2.15. The first kappa shape index (κ1) is 14.6. The van der Waals surface area contributed by atoms with Gasteiger partial charge >= 0.3 is 0 Å². The average Bonchev–Trinajstić information content (AvgIpc) is 2.46. The lowest BCUT2D eigenvalue weighted by molar-refractivity contribution is 0.122. The molecule has 0 atom stereocenters. The van der Waals surface area contributed by atoms with E-state index in [-0.39, 0.29) is 6.04 Å². The quantitative estimate of drug-likeness (QED) is 0.627. The highest BCUT2D eigenvalue weighted by atomic mass is 16.5. The predicted molar refractivity (Wildman–Crippen MR) is 80.9 cm³/mol. The van der Waals surface area contributed by atoms with Crippen LogP contribution >= 0.6 is 0 Å². The van der Waals surface area contributed by atoms with E-state index in [9.17, 15) is 0 Å². The van der Waals surface area contributed by atoms with Crippen LogP contribution < -0.4 is 16.0 Å². The van der Waals surface area contributed by atoms with E-state index in [1.165, 1.54) is 0 Å². The Balaban J connectivity index is 2.07. The molecule has 1 saturated heterocycles. The first-order valence-corrected chi connectivity index (χ1v) is 7.00. The first-order chi connectivity index (χ1) is 9.66. The van der Waals surface area contributed by atoms with E-state index in [1.54, 1.807) is 0 Å². The number of ether oxygens (including phenoxy) is 1. The van der Waals surface area contributed by atoms with Crippen molar-refractivity contribution < 1.29 is 4.74 Å². The van der Waals surface area contributed by atoms with Crippen molar-refractivity contribution in [2.45, 2.75) is 26.4 Å². The zero-order valence-corrected chi connectivity index (χ0v) is 12.2. The lowest BCUT2D eigenvalue weighted by Gasteiger charge is -2.29. The zero-order valence-electron chi connectivity index (χ0n) is 12.2. The van der Waals surface area contributed by atoms with Crippen molar-refractivity contribution >= 4 is 11.8 Å². The van der Waals surface area contributed by atoms with Crippen LogP contribution in [-0.2, 0) is 11.3 Å². The van der Waals surface area contributed by atoms with Crippen LogP contribution in [0.1, 0.15) is 19.4 Å². The van der Waals surface area contributed by atoms with Gasteiger partial charge in [0.2, 0.25) is 0 Å². The molecule has 20 heavy (non-hydrogen) atoms. The molecule has 0 aromatic carbocycles. The molecule has 1 aliphatic rings. The fourth-order valence-corrected chi connectivity index (χ4v) is 2.13. The Kier molecular flexibility index (Phi) is 5.17. The average molecular weight is 277 g/mol. The lowest BCUT2D eigenvalue weighted by atomic mass is 10.2. The Morgan fingerprint density at radius 1 is 1.50 bits per heavy atom. The van der Waals surface area contributed by atoms with E-state index >= 15 is 0 Å². The molecule has 1 aromatic heterocycles. The number of aliphatic imine (C=N–C) groups is 1. The molecule has 6 nitrogen and oxygen atoms in total. The SMILES string of the molecule is CC(C)NC(N)=NCc1cccnc1N1CCOCC1. The van der Waals surface area contributed by atoms with Gasteiger partial charge in [0, 0.05) is 30.9 Å². The molecule has 0 unspecified atom stereocenters. The third-order valence-corrected chi connectivity index (χ3v) is 3.03. The van der Waals surface area contributed by atoms with Crippen LogP contribution in [0, 0.1) is 0 Å². The molecule has 0 radical (unpaired) electrons. The molecule has 1 aliphatic heterocycles. The zero-order chi connectivity index (χ0) is 14.4. The van der Waals surface area contributed by atoms with E-state index in [2.05, 4.69) is 20.2 Å². The maximum Gasteiger partial charge on any atom is 0.189 e. The van der Waals surface area contributed by atoms with Crippen LogP contribution in [0.4, 0.5) is 5.82 Å². The van der Waals surface area contributed by atoms with Gasteiger partial charge in [0.1, 0.15) is 5.82 Å². The van der Waals surface area contributed by atoms with Crippen LogP contribution in [0.15, 0.2) is 23.3 Å². The molecule has 6 heteroatoms. The monoisotopic (exact) mass is 277 g/mol. The van der Waals surface area contributed by atoms with Crippen molar-refractivity contribution in [2.24, 2.45) is 10.7 Å². The normalized spacial score (nSPS) is 16.6. The Morgan fingerprint density at radius 2 is 2.25 bits per heavy atom. The van der Waals surface area contributed by atoms with E-state index in [0.717, 1.165) is 37.7 Å². The van der Waals surface area contributed by atoms with Crippen LogP contribution in [-0.4, -0.2) is 43.3 Å². The summed E-state index contributed by atoms with van der Waals surface area (Å²) >= 11 is 0. The number of hydrogen-bond acceptors (Lipinski definition) is 4. The number of pyridine rings is 1. The second kappa shape index (κ2) is 7.09. The summed E-state index contributed by atoms with van der Waals surface area (Å²) in [6.07, 6.45) is 1.81. The van der Waals surface area contributed by atoms with Crippen molar-refractivity contribution in [3.8, 4) is 0 Å². The standard InChI is InChI=1S/C14H23N5O/c1-11(2)18-14(15)17-10-12-4-3-5-16-13(12)19-6-8-20-9-7-19/h3-5,11H,6-10H2,1-2H3,(H3,15,17,18). The van der Waals surface area contributed by atoms with Gasteiger partial charge < -0.3 is 20.7 Å². The highest BCUT2D eigenvalue weighted by molar-refractivity contribution is 5.78.